The molecule has 10 nitrogen and oxygen atoms in total. The van der Waals surface area contributed by atoms with Crippen LogP contribution >= 0.6 is 0 Å². The van der Waals surface area contributed by atoms with Gasteiger partial charge in [-0.25, -0.2) is 4.79 Å². The first-order chi connectivity index (χ1) is 26.8. The van der Waals surface area contributed by atoms with Gasteiger partial charge in [-0.2, -0.15) is 0 Å². The second-order valence-corrected chi connectivity index (χ2v) is 16.1. The van der Waals surface area contributed by atoms with Crippen molar-refractivity contribution >= 4 is 40.5 Å². The van der Waals surface area contributed by atoms with Crippen LogP contribution in [0.2, 0.25) is 0 Å². The summed E-state index contributed by atoms with van der Waals surface area (Å²) in [5, 5.41) is 5.93. The Morgan fingerprint density at radius 3 is 2.11 bits per heavy atom. The zero-order valence-corrected chi connectivity index (χ0v) is 31.9. The number of carbonyl (C=O) groups excluding carboxylic acids is 3. The smallest absolute Gasteiger partial charge is 0.407 e. The van der Waals surface area contributed by atoms with Crippen LogP contribution < -0.4 is 10.6 Å². The van der Waals surface area contributed by atoms with E-state index in [0.717, 1.165) is 65.6 Å². The number of fused-ring (bicyclic) bond motifs is 2. The number of rotatable bonds is 11. The number of nitrogens with one attached hydrogen (secondary N) is 2. The summed E-state index contributed by atoms with van der Waals surface area (Å²) in [5.41, 5.74) is 10.1. The molecule has 2 aromatic carbocycles. The van der Waals surface area contributed by atoms with Crippen molar-refractivity contribution in [3.8, 4) is 11.1 Å². The predicted molar refractivity (Wildman–Crippen MR) is 215 cm³/mol. The van der Waals surface area contributed by atoms with Gasteiger partial charge in [0.2, 0.25) is 11.8 Å². The van der Waals surface area contributed by atoms with E-state index in [1.54, 1.807) is 6.20 Å². The van der Waals surface area contributed by atoms with Crippen LogP contribution in [-0.4, -0.2) is 65.0 Å². The summed E-state index contributed by atoms with van der Waals surface area (Å²) in [5.74, 6) is 1.18. The Hall–Kier alpha value is -5.38. The predicted octanol–water partition coefficient (Wildman–Crippen LogP) is 7.47. The summed E-state index contributed by atoms with van der Waals surface area (Å²) in [4.78, 5) is 54.9. The highest BCUT2D eigenvalue weighted by molar-refractivity contribution is 6.04. The maximum atomic E-state index is 13.6. The molecule has 4 heterocycles. The molecule has 55 heavy (non-hydrogen) atoms. The first kappa shape index (κ1) is 36.6. The average molecular weight is 739 g/mol. The van der Waals surface area contributed by atoms with E-state index in [1.807, 2.05) is 49.5 Å². The third-order valence-electron chi connectivity index (χ3n) is 12.5. The van der Waals surface area contributed by atoms with Crippen LogP contribution in [0.25, 0.3) is 22.3 Å². The number of hydrogen-bond donors (Lipinski definition) is 2. The fourth-order valence-electron chi connectivity index (χ4n) is 9.62. The minimum atomic E-state index is -0.645. The summed E-state index contributed by atoms with van der Waals surface area (Å²) in [7, 11) is 1.31. The van der Waals surface area contributed by atoms with Crippen LogP contribution in [-0.2, 0) is 20.9 Å². The molecule has 3 fully saturated rings. The van der Waals surface area contributed by atoms with Gasteiger partial charge in [0.1, 0.15) is 6.04 Å². The van der Waals surface area contributed by atoms with E-state index in [-0.39, 0.29) is 35.6 Å². The van der Waals surface area contributed by atoms with Gasteiger partial charge in [-0.05, 0) is 94.9 Å². The summed E-state index contributed by atoms with van der Waals surface area (Å²) in [6, 6.07) is 20.5. The lowest BCUT2D eigenvalue weighted by Gasteiger charge is -2.31. The fourth-order valence-corrected chi connectivity index (χ4v) is 9.62. The standard InChI is InChI=1S/C45H50N6O4/c1-27(2)42(50-45(54)55-3)44(53)51-19-5-7-39(51)37-21-35(25-47-37)31-12-8-29(9-13-31)30-10-14-32(15-11-30)36-22-38(48-26-36)40-33-16-17-34(20-33)41(40)43(52)49-24-28-6-4-18-46-23-28/h4,6,8-15,18,23,25-27,33-34,39-42H,5,7,16-17,19-22,24H2,1-3H3,(H,49,52)(H,50,54)/t33?,34?,39-,40?,41-,42-/m0/s1. The second-order valence-electron chi connectivity index (χ2n) is 16.1. The van der Waals surface area contributed by atoms with Crippen LogP contribution in [0.5, 0.6) is 0 Å². The normalized spacial score (nSPS) is 24.7. The highest BCUT2D eigenvalue weighted by Gasteiger charge is 2.52. The molecule has 3 amide bonds. The Bertz CT molecular complexity index is 2050. The summed E-state index contributed by atoms with van der Waals surface area (Å²) >= 11 is 0. The zero-order valence-electron chi connectivity index (χ0n) is 31.9. The molecule has 2 saturated carbocycles. The highest BCUT2D eigenvalue weighted by atomic mass is 16.5. The number of methoxy groups -OCH3 is 1. The lowest BCUT2D eigenvalue weighted by Crippen LogP contribution is -2.53. The van der Waals surface area contributed by atoms with Gasteiger partial charge in [0.05, 0.1) is 13.2 Å². The number of carbonyl (C=O) groups is 3. The van der Waals surface area contributed by atoms with Crippen LogP contribution in [0.15, 0.2) is 95.4 Å². The number of allylic oxidation sites excluding steroid dienone is 2. The molecule has 0 radical (unpaired) electrons. The van der Waals surface area contributed by atoms with Gasteiger partial charge in [0, 0.05) is 74.0 Å². The largest absolute Gasteiger partial charge is 0.453 e. The summed E-state index contributed by atoms with van der Waals surface area (Å²) in [6.45, 7) is 5.01. The summed E-state index contributed by atoms with van der Waals surface area (Å²) < 4.78 is 4.78. The Morgan fingerprint density at radius 1 is 0.836 bits per heavy atom. The van der Waals surface area contributed by atoms with Gasteiger partial charge >= 0.3 is 6.09 Å². The first-order valence-corrected chi connectivity index (χ1v) is 19.8. The van der Waals surface area contributed by atoms with E-state index in [9.17, 15) is 14.4 Å². The molecule has 2 bridgehead atoms. The zero-order chi connectivity index (χ0) is 38.1. The third-order valence-corrected chi connectivity index (χ3v) is 12.5. The van der Waals surface area contributed by atoms with Gasteiger partial charge in [-0.1, -0.05) is 68.4 Å². The number of amides is 3. The maximum Gasteiger partial charge on any atom is 0.407 e. The summed E-state index contributed by atoms with van der Waals surface area (Å²) in [6.07, 6.45) is 13.6. The number of likely N-dealkylation sites (tertiary alicyclic amines) is 1. The Balaban J connectivity index is 0.863. The number of hydrogen-bond acceptors (Lipinski definition) is 7. The molecule has 2 N–H and O–H groups in total. The SMILES string of the molecule is COC(=O)N[C@H](C(=O)N1CCC[C@H]1C1=NC=C(c2ccc(-c3ccc(C4=CN=C(C5C6CCC(C6)[C@@H]5C(=O)NCc5cccnc5)C4)cc3)cc2)C1)C(C)C. The molecule has 2 aliphatic carbocycles. The quantitative estimate of drug-likeness (QED) is 0.211. The van der Waals surface area contributed by atoms with Crippen molar-refractivity contribution in [3.63, 3.8) is 0 Å². The highest BCUT2D eigenvalue weighted by Crippen LogP contribution is 2.54. The number of aromatic nitrogens is 1. The monoisotopic (exact) mass is 738 g/mol. The molecule has 5 aliphatic rings. The molecule has 10 heteroatoms. The average Bonchev–Trinajstić information content (AvgIpc) is 4.07. The van der Waals surface area contributed by atoms with Crippen LogP contribution in [0.4, 0.5) is 4.79 Å². The molecule has 8 rings (SSSR count). The van der Waals surface area contributed by atoms with Gasteiger partial charge in [0.15, 0.2) is 0 Å². The van der Waals surface area contributed by atoms with Crippen molar-refractivity contribution in [2.45, 2.75) is 77.4 Å². The van der Waals surface area contributed by atoms with Crippen molar-refractivity contribution in [2.24, 2.45) is 39.6 Å². The van der Waals surface area contributed by atoms with E-state index in [2.05, 4.69) is 64.1 Å². The van der Waals surface area contributed by atoms with Gasteiger partial charge in [-0.3, -0.25) is 24.6 Å². The topological polar surface area (TPSA) is 125 Å². The molecular weight excluding hydrogens is 689 g/mol. The van der Waals surface area contributed by atoms with E-state index in [1.165, 1.54) is 30.4 Å². The van der Waals surface area contributed by atoms with E-state index < -0.39 is 12.1 Å². The molecule has 6 atom stereocenters. The first-order valence-electron chi connectivity index (χ1n) is 19.8. The molecular formula is C45H50N6O4. The van der Waals surface area contributed by atoms with Crippen molar-refractivity contribution in [2.75, 3.05) is 13.7 Å². The molecule has 1 aromatic heterocycles. The van der Waals surface area contributed by atoms with Crippen molar-refractivity contribution in [1.29, 1.82) is 0 Å². The van der Waals surface area contributed by atoms with E-state index in [0.29, 0.717) is 31.3 Å². The molecule has 3 aromatic rings. The minimum Gasteiger partial charge on any atom is -0.453 e. The van der Waals surface area contributed by atoms with E-state index in [4.69, 9.17) is 14.7 Å². The number of pyridine rings is 1. The van der Waals surface area contributed by atoms with Crippen molar-refractivity contribution in [3.05, 3.63) is 102 Å². The molecule has 3 unspecified atom stereocenters. The van der Waals surface area contributed by atoms with Gasteiger partial charge in [-0.15, -0.1) is 0 Å². The third kappa shape index (κ3) is 7.51. The van der Waals surface area contributed by atoms with Crippen LogP contribution in [0.3, 0.4) is 0 Å². The Labute approximate surface area is 323 Å². The number of alkyl carbamates (subject to hydrolysis) is 1. The minimum absolute atomic E-state index is 0.00802. The van der Waals surface area contributed by atoms with Crippen molar-refractivity contribution < 1.29 is 19.1 Å². The maximum absolute atomic E-state index is 13.6. The lowest BCUT2D eigenvalue weighted by molar-refractivity contribution is -0.134. The number of aliphatic imine (C=N–C) groups is 2. The van der Waals surface area contributed by atoms with E-state index >= 15 is 0 Å². The number of ether oxygens (including phenoxy) is 1. The molecule has 1 saturated heterocycles. The number of benzene rings is 2. The molecule has 3 aliphatic heterocycles. The van der Waals surface area contributed by atoms with Gasteiger partial charge < -0.3 is 20.3 Å². The van der Waals surface area contributed by atoms with Crippen LogP contribution in [0.1, 0.15) is 75.5 Å². The fraction of sp³-hybridized carbons (Fsp3) is 0.422. The molecule has 284 valence electrons. The lowest BCUT2D eigenvalue weighted by atomic mass is 9.75. The Morgan fingerprint density at radius 2 is 1.47 bits per heavy atom. The van der Waals surface area contributed by atoms with Crippen molar-refractivity contribution in [1.82, 2.24) is 20.5 Å². The van der Waals surface area contributed by atoms with Gasteiger partial charge in [0.25, 0.3) is 0 Å². The molecule has 0 spiro atoms. The Kier molecular flexibility index (Phi) is 10.5. The van der Waals surface area contributed by atoms with Crippen LogP contribution in [0, 0.1) is 29.6 Å². The number of nitrogens with zero attached hydrogens (tertiary/aromatic N) is 4. The second kappa shape index (κ2) is 15.8.